The summed E-state index contributed by atoms with van der Waals surface area (Å²) in [4.78, 5) is 31.8. The van der Waals surface area contributed by atoms with E-state index in [0.29, 0.717) is 35.3 Å². The van der Waals surface area contributed by atoms with Crippen molar-refractivity contribution in [2.24, 2.45) is 4.99 Å². The Morgan fingerprint density at radius 1 is 1.23 bits per heavy atom. The molecule has 2 aliphatic heterocycles. The summed E-state index contributed by atoms with van der Waals surface area (Å²) in [6, 6.07) is 11.2. The molecule has 1 amide bonds. The molecule has 0 atom stereocenters. The maximum atomic E-state index is 13.3. The fourth-order valence-corrected chi connectivity index (χ4v) is 3.84. The molecule has 0 fully saturated rings. The average Bonchev–Trinajstić information content (AvgIpc) is 3.32. The molecule has 5 rings (SSSR count). The lowest BCUT2D eigenvalue weighted by molar-refractivity contribution is -0.122. The van der Waals surface area contributed by atoms with Crippen LogP contribution >= 0.6 is 11.6 Å². The van der Waals surface area contributed by atoms with Gasteiger partial charge in [0.05, 0.1) is 12.2 Å². The van der Waals surface area contributed by atoms with Crippen molar-refractivity contribution in [2.45, 2.75) is 13.1 Å². The molecule has 0 saturated heterocycles. The van der Waals surface area contributed by atoms with Crippen LogP contribution in [-0.2, 0) is 17.9 Å². The number of halogens is 2. The second-order valence-electron chi connectivity index (χ2n) is 7.00. The van der Waals surface area contributed by atoms with Crippen molar-refractivity contribution < 1.29 is 9.18 Å². The van der Waals surface area contributed by atoms with Gasteiger partial charge in [-0.25, -0.2) is 18.4 Å². The van der Waals surface area contributed by atoms with Crippen molar-refractivity contribution in [1.82, 2.24) is 19.7 Å². The molecule has 30 heavy (non-hydrogen) atoms. The fourth-order valence-electron chi connectivity index (χ4n) is 3.68. The van der Waals surface area contributed by atoms with Crippen molar-refractivity contribution in [1.29, 1.82) is 0 Å². The van der Waals surface area contributed by atoms with E-state index in [1.54, 1.807) is 24.3 Å². The number of aliphatic imine (C=N–C) groups is 1. The third kappa shape index (κ3) is 3.07. The highest BCUT2D eigenvalue weighted by Crippen LogP contribution is 2.31. The van der Waals surface area contributed by atoms with Gasteiger partial charge in [-0.15, -0.1) is 5.10 Å². The number of amides is 1. The van der Waals surface area contributed by atoms with Gasteiger partial charge in [-0.1, -0.05) is 23.7 Å². The van der Waals surface area contributed by atoms with Gasteiger partial charge >= 0.3 is 5.69 Å². The molecule has 0 bridgehead atoms. The van der Waals surface area contributed by atoms with Crippen LogP contribution in [0.15, 0.2) is 52.3 Å². The third-order valence-corrected chi connectivity index (χ3v) is 5.25. The van der Waals surface area contributed by atoms with Gasteiger partial charge in [0, 0.05) is 23.7 Å². The zero-order chi connectivity index (χ0) is 20.8. The summed E-state index contributed by atoms with van der Waals surface area (Å²) in [5, 5.41) is 7.55. The van der Waals surface area contributed by atoms with Crippen LogP contribution in [-0.4, -0.2) is 39.2 Å². The van der Waals surface area contributed by atoms with Gasteiger partial charge in [-0.2, -0.15) is 0 Å². The van der Waals surface area contributed by atoms with Crippen LogP contribution in [0.5, 0.6) is 0 Å². The molecule has 1 aromatic heterocycles. The maximum Gasteiger partial charge on any atom is 0.352 e. The van der Waals surface area contributed by atoms with E-state index in [1.165, 1.54) is 16.7 Å². The fraction of sp³-hybridized carbons (Fsp3) is 0.200. The Labute approximate surface area is 175 Å². The number of carbonyl (C=O) groups is 1. The highest BCUT2D eigenvalue weighted by molar-refractivity contribution is 6.31. The number of fused-ring (bicyclic) bond motifs is 6. The van der Waals surface area contributed by atoms with Gasteiger partial charge < -0.3 is 5.32 Å². The number of aromatic nitrogens is 3. The number of rotatable bonds is 4. The number of amidine groups is 1. The van der Waals surface area contributed by atoms with E-state index in [9.17, 15) is 14.0 Å². The number of hydrogen-bond acceptors (Lipinski definition) is 5. The van der Waals surface area contributed by atoms with Gasteiger partial charge in [0.25, 0.3) is 0 Å². The summed E-state index contributed by atoms with van der Waals surface area (Å²) in [6.45, 7) is 1.08. The lowest BCUT2D eigenvalue weighted by atomic mass is 10.1. The molecule has 2 aliphatic rings. The van der Waals surface area contributed by atoms with Gasteiger partial charge in [-0.3, -0.25) is 14.7 Å². The molecule has 0 spiro atoms. The molecule has 2 aromatic carbocycles. The molecule has 1 N–H and O–H groups in total. The van der Waals surface area contributed by atoms with Gasteiger partial charge in [0.15, 0.2) is 0 Å². The second kappa shape index (κ2) is 7.10. The minimum absolute atomic E-state index is 0.153. The Bertz CT molecular complexity index is 1260. The molecule has 0 unspecified atom stereocenters. The quantitative estimate of drug-likeness (QED) is 0.688. The van der Waals surface area contributed by atoms with E-state index in [0.717, 1.165) is 16.1 Å². The van der Waals surface area contributed by atoms with Gasteiger partial charge in [-0.05, 0) is 35.9 Å². The van der Waals surface area contributed by atoms with E-state index in [1.807, 2.05) is 11.0 Å². The number of nitrogens with zero attached hydrogens (tertiary/aromatic N) is 5. The van der Waals surface area contributed by atoms with E-state index in [4.69, 9.17) is 11.6 Å². The SMILES string of the molecule is O=C(Cn1nc2n(c1=O)-c1cc(Cl)ccc1C1=NCCN12)NCc1cccc(F)c1. The zero-order valence-corrected chi connectivity index (χ0v) is 16.4. The number of benzene rings is 2. The van der Waals surface area contributed by atoms with Crippen molar-refractivity contribution in [3.8, 4) is 5.69 Å². The summed E-state index contributed by atoms with van der Waals surface area (Å²) < 4.78 is 15.8. The first kappa shape index (κ1) is 18.6. The van der Waals surface area contributed by atoms with Crippen molar-refractivity contribution in [3.05, 3.63) is 74.9 Å². The smallest absolute Gasteiger partial charge is 0.350 e. The summed E-state index contributed by atoms with van der Waals surface area (Å²) >= 11 is 6.15. The zero-order valence-electron chi connectivity index (χ0n) is 15.7. The molecular weight excluding hydrogens is 411 g/mol. The molecule has 8 nitrogen and oxygen atoms in total. The molecular formula is C20H16ClFN6O2. The first-order valence-corrected chi connectivity index (χ1v) is 9.72. The normalized spacial score (nSPS) is 14.1. The summed E-state index contributed by atoms with van der Waals surface area (Å²) in [5.41, 5.74) is 1.56. The van der Waals surface area contributed by atoms with E-state index in [2.05, 4.69) is 15.4 Å². The minimum atomic E-state index is -0.444. The molecule has 152 valence electrons. The number of nitrogens with one attached hydrogen (secondary N) is 1. The van der Waals surface area contributed by atoms with Crippen LogP contribution in [0, 0.1) is 5.82 Å². The Hall–Kier alpha value is -3.46. The molecule has 3 aromatic rings. The van der Waals surface area contributed by atoms with Crippen LogP contribution in [0.1, 0.15) is 11.1 Å². The summed E-state index contributed by atoms with van der Waals surface area (Å²) in [5.74, 6) is 0.365. The van der Waals surface area contributed by atoms with Crippen LogP contribution in [0.2, 0.25) is 5.02 Å². The molecule has 3 heterocycles. The van der Waals surface area contributed by atoms with Crippen LogP contribution in [0.4, 0.5) is 10.3 Å². The Balaban J connectivity index is 1.44. The predicted octanol–water partition coefficient (Wildman–Crippen LogP) is 1.72. The number of anilines is 1. The van der Waals surface area contributed by atoms with E-state index in [-0.39, 0.29) is 18.9 Å². The highest BCUT2D eigenvalue weighted by Gasteiger charge is 2.34. The lowest BCUT2D eigenvalue weighted by Crippen LogP contribution is -2.38. The lowest BCUT2D eigenvalue weighted by Gasteiger charge is -2.26. The average molecular weight is 427 g/mol. The summed E-state index contributed by atoms with van der Waals surface area (Å²) in [7, 11) is 0. The Kier molecular flexibility index (Phi) is 4.39. The van der Waals surface area contributed by atoms with Gasteiger partial charge in [0.2, 0.25) is 11.9 Å². The standard InChI is InChI=1S/C20H16ClFN6O2/c21-13-4-5-15-16(9-13)28-19(26-7-6-23-18(15)26)25-27(20(28)30)11-17(29)24-10-12-2-1-3-14(22)8-12/h1-5,8-9H,6-7,10-11H2,(H,24,29). The number of carbonyl (C=O) groups excluding carboxylic acids is 1. The minimum Gasteiger partial charge on any atom is -0.350 e. The van der Waals surface area contributed by atoms with E-state index < -0.39 is 11.6 Å². The largest absolute Gasteiger partial charge is 0.352 e. The molecule has 0 radical (unpaired) electrons. The van der Waals surface area contributed by atoms with Crippen molar-refractivity contribution in [2.75, 3.05) is 18.0 Å². The predicted molar refractivity (Wildman–Crippen MR) is 110 cm³/mol. The monoisotopic (exact) mass is 426 g/mol. The summed E-state index contributed by atoms with van der Waals surface area (Å²) in [6.07, 6.45) is 0. The second-order valence-corrected chi connectivity index (χ2v) is 7.44. The molecule has 0 saturated carbocycles. The van der Waals surface area contributed by atoms with Crippen LogP contribution in [0.25, 0.3) is 5.69 Å². The number of hydrogen-bond donors (Lipinski definition) is 1. The Morgan fingerprint density at radius 3 is 2.93 bits per heavy atom. The van der Waals surface area contributed by atoms with Gasteiger partial charge in [0.1, 0.15) is 18.2 Å². The van der Waals surface area contributed by atoms with Crippen molar-refractivity contribution in [3.63, 3.8) is 0 Å². The topological polar surface area (TPSA) is 84.5 Å². The van der Waals surface area contributed by atoms with Crippen LogP contribution < -0.4 is 15.9 Å². The third-order valence-electron chi connectivity index (χ3n) is 5.02. The molecule has 10 heteroatoms. The van der Waals surface area contributed by atoms with Crippen molar-refractivity contribution >= 4 is 29.3 Å². The first-order valence-electron chi connectivity index (χ1n) is 9.34. The highest BCUT2D eigenvalue weighted by atomic mass is 35.5. The Morgan fingerprint density at radius 2 is 2.10 bits per heavy atom. The molecule has 0 aliphatic carbocycles. The van der Waals surface area contributed by atoms with E-state index >= 15 is 0 Å². The van der Waals surface area contributed by atoms with Crippen LogP contribution in [0.3, 0.4) is 0 Å². The first-order chi connectivity index (χ1) is 14.5. The maximum absolute atomic E-state index is 13.3.